The van der Waals surface area contributed by atoms with Crippen LogP contribution in [0.2, 0.25) is 0 Å². The number of carbonyl (C=O) groups excluding carboxylic acids is 1. The number of nitrogens with one attached hydrogen (secondary N) is 1. The van der Waals surface area contributed by atoms with E-state index < -0.39 is 24.5 Å². The first-order valence-electron chi connectivity index (χ1n) is 3.95. The van der Waals surface area contributed by atoms with Crippen LogP contribution in [0.4, 0.5) is 0 Å². The summed E-state index contributed by atoms with van der Waals surface area (Å²) in [5, 5.41) is 14.3. The highest BCUT2D eigenvalue weighted by Crippen LogP contribution is 2.00. The van der Waals surface area contributed by atoms with Crippen molar-refractivity contribution in [3.63, 3.8) is 0 Å². The maximum Gasteiger partial charge on any atom is 0.322 e. The van der Waals surface area contributed by atoms with Crippen LogP contribution < -0.4 is 5.32 Å². The minimum Gasteiger partial charge on any atom is -0.480 e. The summed E-state index contributed by atoms with van der Waals surface area (Å²) in [5.74, 6) is -1.48. The Labute approximate surface area is 79.8 Å². The summed E-state index contributed by atoms with van der Waals surface area (Å²) in [6.07, 6.45) is 2.70. The molecule has 1 rings (SSSR count). The zero-order chi connectivity index (χ0) is 10.6. The minimum absolute atomic E-state index is 0.391. The first kappa shape index (κ1) is 10.2. The quantitative estimate of drug-likeness (QED) is 0.649. The summed E-state index contributed by atoms with van der Waals surface area (Å²) in [6, 6.07) is -0.558. The number of hydrogen-bond donors (Lipinski definition) is 2. The maximum atomic E-state index is 11.3. The molecule has 0 saturated heterocycles. The highest BCUT2D eigenvalue weighted by atomic mass is 16.4. The van der Waals surface area contributed by atoms with Crippen LogP contribution in [-0.4, -0.2) is 38.3 Å². The van der Waals surface area contributed by atoms with E-state index >= 15 is 0 Å². The molecule has 0 fully saturated rings. The Morgan fingerprint density at radius 2 is 2.36 bits per heavy atom. The van der Waals surface area contributed by atoms with Crippen LogP contribution in [0.1, 0.15) is 13.0 Å². The van der Waals surface area contributed by atoms with E-state index in [1.807, 2.05) is 0 Å². The first-order valence-corrected chi connectivity index (χ1v) is 3.95. The molecule has 1 aromatic heterocycles. The fourth-order valence-corrected chi connectivity index (χ4v) is 0.848. The monoisotopic (exact) mass is 198 g/mol. The second kappa shape index (κ2) is 4.35. The topological polar surface area (TPSA) is 97.1 Å². The number of nitrogens with zero attached hydrogens (tertiary/aromatic N) is 3. The molecule has 1 amide bonds. The summed E-state index contributed by atoms with van der Waals surface area (Å²) in [4.78, 5) is 25.1. The van der Waals surface area contributed by atoms with E-state index in [0.29, 0.717) is 0 Å². The van der Waals surface area contributed by atoms with Gasteiger partial charge in [0.2, 0.25) is 5.91 Å². The molecule has 14 heavy (non-hydrogen) atoms. The van der Waals surface area contributed by atoms with Gasteiger partial charge < -0.3 is 10.4 Å². The molecule has 1 unspecified atom stereocenters. The number of aliphatic carboxylic acids is 1. The molecule has 0 saturated carbocycles. The Balaban J connectivity index is 2.49. The molecule has 0 aliphatic rings. The molecule has 0 radical (unpaired) electrons. The Morgan fingerprint density at radius 3 is 2.86 bits per heavy atom. The van der Waals surface area contributed by atoms with Crippen molar-refractivity contribution in [3.05, 3.63) is 12.7 Å². The Hall–Kier alpha value is -1.92. The van der Waals surface area contributed by atoms with E-state index in [9.17, 15) is 9.59 Å². The lowest BCUT2D eigenvalue weighted by Crippen LogP contribution is -2.34. The van der Waals surface area contributed by atoms with Crippen molar-refractivity contribution in [1.82, 2.24) is 20.1 Å². The van der Waals surface area contributed by atoms with E-state index in [-0.39, 0.29) is 0 Å². The Kier molecular flexibility index (Phi) is 3.16. The van der Waals surface area contributed by atoms with Gasteiger partial charge in [-0.2, -0.15) is 5.10 Å². The maximum absolute atomic E-state index is 11.3. The zero-order valence-corrected chi connectivity index (χ0v) is 7.54. The van der Waals surface area contributed by atoms with Crippen molar-refractivity contribution in [3.8, 4) is 0 Å². The zero-order valence-electron chi connectivity index (χ0n) is 7.54. The number of carboxylic acid groups (broad SMARTS) is 1. The molecule has 0 aliphatic heterocycles. The van der Waals surface area contributed by atoms with Crippen LogP contribution in [0.5, 0.6) is 0 Å². The molecule has 7 nitrogen and oxygen atoms in total. The van der Waals surface area contributed by atoms with Crippen LogP contribution in [-0.2, 0) is 9.59 Å². The van der Waals surface area contributed by atoms with E-state index in [2.05, 4.69) is 15.4 Å². The highest BCUT2D eigenvalue weighted by Gasteiger charge is 2.15. The number of carbonyl (C=O) groups is 2. The number of aromatic nitrogens is 3. The molecule has 1 heterocycles. The fourth-order valence-electron chi connectivity index (χ4n) is 0.848. The molecule has 1 aromatic rings. The lowest BCUT2D eigenvalue weighted by Gasteiger charge is -2.10. The van der Waals surface area contributed by atoms with Crippen molar-refractivity contribution in [2.45, 2.75) is 13.0 Å². The van der Waals surface area contributed by atoms with Gasteiger partial charge in [0.05, 0.1) is 0 Å². The first-order chi connectivity index (χ1) is 6.61. The highest BCUT2D eigenvalue weighted by molar-refractivity contribution is 5.83. The second-order valence-electron chi connectivity index (χ2n) is 2.66. The van der Waals surface area contributed by atoms with E-state index in [1.165, 1.54) is 17.3 Å². The third kappa shape index (κ3) is 2.54. The van der Waals surface area contributed by atoms with Gasteiger partial charge in [-0.05, 0) is 6.92 Å². The van der Waals surface area contributed by atoms with Gasteiger partial charge in [-0.1, -0.05) is 0 Å². The Bertz CT molecular complexity index is 322. The van der Waals surface area contributed by atoms with Gasteiger partial charge in [0.15, 0.2) is 0 Å². The lowest BCUT2D eigenvalue weighted by atomic mass is 10.3. The SMILES string of the molecule is CC(C(=O)NCC(=O)O)n1cncn1. The van der Waals surface area contributed by atoms with Crippen molar-refractivity contribution >= 4 is 11.9 Å². The average Bonchev–Trinajstić information content (AvgIpc) is 2.65. The van der Waals surface area contributed by atoms with Gasteiger partial charge >= 0.3 is 5.97 Å². The van der Waals surface area contributed by atoms with E-state index in [0.717, 1.165) is 0 Å². The van der Waals surface area contributed by atoms with Crippen molar-refractivity contribution in [1.29, 1.82) is 0 Å². The molecule has 0 spiro atoms. The number of amides is 1. The fraction of sp³-hybridized carbons (Fsp3) is 0.429. The normalized spacial score (nSPS) is 12.1. The molecule has 7 heteroatoms. The van der Waals surface area contributed by atoms with Gasteiger partial charge in [-0.3, -0.25) is 9.59 Å². The predicted octanol–water partition coefficient (Wildman–Crippen LogP) is -0.960. The van der Waals surface area contributed by atoms with Gasteiger partial charge in [-0.25, -0.2) is 9.67 Å². The molecular weight excluding hydrogens is 188 g/mol. The molecule has 0 aromatic carbocycles. The number of rotatable bonds is 4. The molecule has 1 atom stereocenters. The van der Waals surface area contributed by atoms with Gasteiger partial charge in [0, 0.05) is 0 Å². The summed E-state index contributed by atoms with van der Waals surface area (Å²) in [5.41, 5.74) is 0. The van der Waals surface area contributed by atoms with Crippen LogP contribution in [0.25, 0.3) is 0 Å². The third-order valence-corrected chi connectivity index (χ3v) is 1.63. The largest absolute Gasteiger partial charge is 0.480 e. The van der Waals surface area contributed by atoms with Crippen LogP contribution >= 0.6 is 0 Å². The second-order valence-corrected chi connectivity index (χ2v) is 2.66. The average molecular weight is 198 g/mol. The molecule has 76 valence electrons. The van der Waals surface area contributed by atoms with E-state index in [1.54, 1.807) is 6.92 Å². The lowest BCUT2D eigenvalue weighted by molar-refractivity contribution is -0.138. The van der Waals surface area contributed by atoms with Crippen molar-refractivity contribution in [2.24, 2.45) is 0 Å². The molecular formula is C7H10N4O3. The van der Waals surface area contributed by atoms with Crippen molar-refractivity contribution < 1.29 is 14.7 Å². The summed E-state index contributed by atoms with van der Waals surface area (Å²) in [6.45, 7) is 1.21. The Morgan fingerprint density at radius 1 is 1.64 bits per heavy atom. The van der Waals surface area contributed by atoms with Crippen LogP contribution in [0.15, 0.2) is 12.7 Å². The molecule has 2 N–H and O–H groups in total. The van der Waals surface area contributed by atoms with E-state index in [4.69, 9.17) is 5.11 Å². The summed E-state index contributed by atoms with van der Waals surface area (Å²) >= 11 is 0. The van der Waals surface area contributed by atoms with Crippen LogP contribution in [0, 0.1) is 0 Å². The van der Waals surface area contributed by atoms with Crippen LogP contribution in [0.3, 0.4) is 0 Å². The number of hydrogen-bond acceptors (Lipinski definition) is 4. The van der Waals surface area contributed by atoms with Gasteiger partial charge in [0.1, 0.15) is 25.2 Å². The summed E-state index contributed by atoms with van der Waals surface area (Å²) in [7, 11) is 0. The summed E-state index contributed by atoms with van der Waals surface area (Å²) < 4.78 is 1.34. The van der Waals surface area contributed by atoms with Gasteiger partial charge in [-0.15, -0.1) is 0 Å². The van der Waals surface area contributed by atoms with Gasteiger partial charge in [0.25, 0.3) is 0 Å². The standard InChI is InChI=1S/C7H10N4O3/c1-5(11-4-8-3-10-11)7(14)9-2-6(12)13/h3-5H,2H2,1H3,(H,9,14)(H,12,13). The van der Waals surface area contributed by atoms with Crippen molar-refractivity contribution in [2.75, 3.05) is 6.54 Å². The predicted molar refractivity (Wildman–Crippen MR) is 45.4 cm³/mol. The smallest absolute Gasteiger partial charge is 0.322 e. The molecule has 0 aliphatic carbocycles. The minimum atomic E-state index is -1.08. The molecule has 0 bridgehead atoms. The third-order valence-electron chi connectivity index (χ3n) is 1.63. The number of carboxylic acids is 1.